The van der Waals surface area contributed by atoms with E-state index >= 15 is 0 Å². The Bertz CT molecular complexity index is 1220. The molecule has 0 amide bonds. The summed E-state index contributed by atoms with van der Waals surface area (Å²) in [5, 5.41) is 0.890. The van der Waals surface area contributed by atoms with Crippen molar-refractivity contribution >= 4 is 22.2 Å². The highest BCUT2D eigenvalue weighted by Crippen LogP contribution is 2.44. The first kappa shape index (κ1) is 17.3. The Labute approximate surface area is 162 Å². The average molecular weight is 378 g/mol. The van der Waals surface area contributed by atoms with Crippen molar-refractivity contribution in [2.24, 2.45) is 5.92 Å². The molecule has 0 bridgehead atoms. The smallest absolute Gasteiger partial charge is 0.333 e. The molecule has 1 aromatic carbocycles. The second-order valence-electron chi connectivity index (χ2n) is 7.90. The van der Waals surface area contributed by atoms with Gasteiger partial charge >= 0.3 is 5.69 Å². The maximum absolute atomic E-state index is 13.7. The quantitative estimate of drug-likeness (QED) is 0.687. The Morgan fingerprint density at radius 2 is 2.07 bits per heavy atom. The summed E-state index contributed by atoms with van der Waals surface area (Å²) in [5.41, 5.74) is 1.60. The molecule has 1 aliphatic heterocycles. The summed E-state index contributed by atoms with van der Waals surface area (Å²) in [5.74, 6) is 0.870. The van der Waals surface area contributed by atoms with Gasteiger partial charge in [-0.15, -0.1) is 0 Å². The van der Waals surface area contributed by atoms with E-state index in [1.165, 1.54) is 0 Å². The van der Waals surface area contributed by atoms with Gasteiger partial charge in [-0.05, 0) is 42.3 Å². The van der Waals surface area contributed by atoms with Gasteiger partial charge in [0.15, 0.2) is 5.78 Å². The first-order valence-electron chi connectivity index (χ1n) is 9.55. The van der Waals surface area contributed by atoms with E-state index in [2.05, 4.69) is 13.8 Å². The number of ether oxygens (including phenoxy) is 2. The highest BCUT2D eigenvalue weighted by Gasteiger charge is 2.48. The highest BCUT2D eigenvalue weighted by molar-refractivity contribution is 5.92. The fourth-order valence-corrected chi connectivity index (χ4v) is 4.77. The summed E-state index contributed by atoms with van der Waals surface area (Å²) in [4.78, 5) is 25.9. The molecular weight excluding hydrogens is 356 g/mol. The number of aromatic nitrogens is 2. The van der Waals surface area contributed by atoms with Crippen molar-refractivity contribution in [1.82, 2.24) is 8.97 Å². The van der Waals surface area contributed by atoms with Gasteiger partial charge in [-0.2, -0.15) is 0 Å². The summed E-state index contributed by atoms with van der Waals surface area (Å²) in [7, 11) is 1.62. The SMILES string of the molecule is COc1cccc2c1cc1cc3n(c(=O)n12)[C@@H]1CC(=O)C=C[C@]1(C(C)C)OC3. The molecule has 144 valence electrons. The van der Waals surface area contributed by atoms with Gasteiger partial charge in [0.1, 0.15) is 11.4 Å². The van der Waals surface area contributed by atoms with Crippen LogP contribution in [0.25, 0.3) is 16.4 Å². The Balaban J connectivity index is 1.85. The van der Waals surface area contributed by atoms with E-state index < -0.39 is 5.60 Å². The van der Waals surface area contributed by atoms with Crippen molar-refractivity contribution in [2.45, 2.75) is 38.5 Å². The van der Waals surface area contributed by atoms with Gasteiger partial charge in [-0.25, -0.2) is 4.79 Å². The Hall–Kier alpha value is -2.86. The standard InChI is InChI=1S/C22H22N2O4/c1-13(2)22-8-7-16(25)11-20(22)24-15(12-28-22)9-14-10-17-18(23(14)21(24)26)5-4-6-19(17)27-3/h4-10,13,20H,11-12H2,1-3H3/t20-,22-/m1/s1. The van der Waals surface area contributed by atoms with Crippen LogP contribution in [0, 0.1) is 5.92 Å². The van der Waals surface area contributed by atoms with Crippen molar-refractivity contribution in [3.63, 3.8) is 0 Å². The van der Waals surface area contributed by atoms with Crippen molar-refractivity contribution in [2.75, 3.05) is 7.11 Å². The van der Waals surface area contributed by atoms with Crippen LogP contribution in [0.1, 0.15) is 32.0 Å². The Morgan fingerprint density at radius 3 is 2.82 bits per heavy atom. The predicted octanol–water partition coefficient (Wildman–Crippen LogP) is 3.26. The van der Waals surface area contributed by atoms with Gasteiger partial charge in [-0.1, -0.05) is 19.9 Å². The van der Waals surface area contributed by atoms with E-state index in [1.54, 1.807) is 22.2 Å². The largest absolute Gasteiger partial charge is 0.496 e. The topological polar surface area (TPSA) is 61.9 Å². The second kappa shape index (κ2) is 5.82. The number of fused-ring (bicyclic) bond motifs is 6. The molecule has 3 aromatic rings. The Morgan fingerprint density at radius 1 is 1.25 bits per heavy atom. The van der Waals surface area contributed by atoms with Crippen LogP contribution in [0.2, 0.25) is 0 Å². The molecule has 2 aliphatic rings. The highest BCUT2D eigenvalue weighted by atomic mass is 16.5. The number of rotatable bonds is 2. The lowest BCUT2D eigenvalue weighted by molar-refractivity contribution is -0.134. The van der Waals surface area contributed by atoms with E-state index in [0.29, 0.717) is 6.61 Å². The molecule has 0 fully saturated rings. The molecular formula is C22H22N2O4. The summed E-state index contributed by atoms with van der Waals surface area (Å²) >= 11 is 0. The lowest BCUT2D eigenvalue weighted by Gasteiger charge is -2.47. The first-order valence-corrected chi connectivity index (χ1v) is 9.55. The molecule has 5 rings (SSSR count). The number of hydrogen-bond acceptors (Lipinski definition) is 4. The zero-order valence-corrected chi connectivity index (χ0v) is 16.1. The minimum atomic E-state index is -0.654. The maximum atomic E-state index is 13.7. The minimum absolute atomic E-state index is 0.0174. The number of ketones is 1. The van der Waals surface area contributed by atoms with Crippen LogP contribution in [-0.4, -0.2) is 27.5 Å². The van der Waals surface area contributed by atoms with Gasteiger partial charge in [0.05, 0.1) is 36.5 Å². The van der Waals surface area contributed by atoms with E-state index in [-0.39, 0.29) is 29.9 Å². The van der Waals surface area contributed by atoms with E-state index in [0.717, 1.165) is 27.9 Å². The molecule has 0 spiro atoms. The van der Waals surface area contributed by atoms with Crippen LogP contribution >= 0.6 is 0 Å². The number of benzene rings is 1. The van der Waals surface area contributed by atoms with Crippen LogP contribution in [0.5, 0.6) is 5.75 Å². The number of allylic oxidation sites excluding steroid dienone is 1. The molecule has 1 aliphatic carbocycles. The molecule has 6 nitrogen and oxygen atoms in total. The Kier molecular flexibility index (Phi) is 3.58. The first-order chi connectivity index (χ1) is 13.5. The van der Waals surface area contributed by atoms with Crippen molar-refractivity contribution in [3.8, 4) is 5.75 Å². The molecule has 0 saturated carbocycles. The number of nitrogens with zero attached hydrogens (tertiary/aromatic N) is 2. The number of hydrogen-bond donors (Lipinski definition) is 0. The lowest BCUT2D eigenvalue weighted by Crippen LogP contribution is -2.54. The van der Waals surface area contributed by atoms with Gasteiger partial charge in [0, 0.05) is 11.8 Å². The molecule has 0 radical (unpaired) electrons. The van der Waals surface area contributed by atoms with E-state index in [1.807, 2.05) is 36.4 Å². The minimum Gasteiger partial charge on any atom is -0.496 e. The normalized spacial score (nSPS) is 24.0. The lowest BCUT2D eigenvalue weighted by atomic mass is 9.76. The molecule has 0 saturated heterocycles. The maximum Gasteiger partial charge on any atom is 0.333 e. The van der Waals surface area contributed by atoms with Crippen molar-refractivity contribution < 1.29 is 14.3 Å². The molecule has 6 heteroatoms. The molecule has 0 N–H and O–H groups in total. The average Bonchev–Trinajstić information content (AvgIpc) is 3.06. The van der Waals surface area contributed by atoms with Gasteiger partial charge in [0.2, 0.25) is 0 Å². The molecule has 0 unspecified atom stereocenters. The third-order valence-electron chi connectivity index (χ3n) is 6.20. The zero-order chi connectivity index (χ0) is 19.6. The molecule has 3 heterocycles. The van der Waals surface area contributed by atoms with Crippen molar-refractivity contribution in [1.29, 1.82) is 0 Å². The predicted molar refractivity (Wildman–Crippen MR) is 106 cm³/mol. The van der Waals surface area contributed by atoms with Gasteiger partial charge in [0.25, 0.3) is 0 Å². The van der Waals surface area contributed by atoms with Crippen LogP contribution in [0.4, 0.5) is 0 Å². The third kappa shape index (κ3) is 2.12. The van der Waals surface area contributed by atoms with Crippen molar-refractivity contribution in [3.05, 3.63) is 58.7 Å². The number of carbonyl (C=O) groups excluding carboxylic acids is 1. The summed E-state index contributed by atoms with van der Waals surface area (Å²) in [6, 6.07) is 9.27. The summed E-state index contributed by atoms with van der Waals surface area (Å²) in [6.07, 6.45) is 3.71. The van der Waals surface area contributed by atoms with Crippen LogP contribution < -0.4 is 10.4 Å². The van der Waals surface area contributed by atoms with Gasteiger partial charge < -0.3 is 9.47 Å². The fourth-order valence-electron chi connectivity index (χ4n) is 4.77. The number of methoxy groups -OCH3 is 1. The number of carbonyl (C=O) groups is 1. The van der Waals surface area contributed by atoms with Crippen LogP contribution in [0.15, 0.2) is 47.3 Å². The zero-order valence-electron chi connectivity index (χ0n) is 16.1. The molecule has 28 heavy (non-hydrogen) atoms. The second-order valence-corrected chi connectivity index (χ2v) is 7.90. The summed E-state index contributed by atoms with van der Waals surface area (Å²) < 4.78 is 15.2. The fraction of sp³-hybridized carbons (Fsp3) is 0.364. The molecule has 2 aromatic heterocycles. The molecule has 2 atom stereocenters. The van der Waals surface area contributed by atoms with Crippen LogP contribution in [-0.2, 0) is 16.1 Å². The summed E-state index contributed by atoms with van der Waals surface area (Å²) in [6.45, 7) is 4.47. The third-order valence-corrected chi connectivity index (χ3v) is 6.20. The van der Waals surface area contributed by atoms with Crippen LogP contribution in [0.3, 0.4) is 0 Å². The monoisotopic (exact) mass is 378 g/mol. The van der Waals surface area contributed by atoms with E-state index in [9.17, 15) is 9.59 Å². The van der Waals surface area contributed by atoms with Gasteiger partial charge in [-0.3, -0.25) is 13.8 Å². The van der Waals surface area contributed by atoms with E-state index in [4.69, 9.17) is 9.47 Å².